The number of rotatable bonds is 2. The number of benzene rings is 2. The summed E-state index contributed by atoms with van der Waals surface area (Å²) in [4.78, 5) is 9.62. The summed E-state index contributed by atoms with van der Waals surface area (Å²) in [6, 6.07) is 12.2. The molecular formula is C19H24N6. The summed E-state index contributed by atoms with van der Waals surface area (Å²) < 4.78 is 0. The highest BCUT2D eigenvalue weighted by Crippen LogP contribution is 2.30. The average Bonchev–Trinajstić information content (AvgIpc) is 2.64. The largest absolute Gasteiger partial charge is 0.397 e. The van der Waals surface area contributed by atoms with E-state index in [9.17, 15) is 0 Å². The van der Waals surface area contributed by atoms with Crippen LogP contribution < -0.4 is 21.7 Å². The first-order valence-corrected chi connectivity index (χ1v) is 8.64. The molecule has 6 heteroatoms. The molecule has 4 rings (SSSR count). The van der Waals surface area contributed by atoms with Gasteiger partial charge < -0.3 is 26.6 Å². The van der Waals surface area contributed by atoms with Gasteiger partial charge in [0.1, 0.15) is 5.84 Å². The quantitative estimate of drug-likeness (QED) is 0.728. The monoisotopic (exact) mass is 336 g/mol. The molecule has 6 nitrogen and oxygen atoms in total. The van der Waals surface area contributed by atoms with E-state index in [4.69, 9.17) is 16.5 Å². The molecule has 1 saturated heterocycles. The van der Waals surface area contributed by atoms with Crippen molar-refractivity contribution in [3.05, 3.63) is 47.5 Å². The van der Waals surface area contributed by atoms with Gasteiger partial charge in [-0.25, -0.2) is 4.99 Å². The molecule has 25 heavy (non-hydrogen) atoms. The van der Waals surface area contributed by atoms with E-state index in [1.54, 1.807) is 0 Å². The van der Waals surface area contributed by atoms with Crippen molar-refractivity contribution >= 4 is 28.6 Å². The van der Waals surface area contributed by atoms with Crippen LogP contribution in [-0.2, 0) is 6.54 Å². The number of aliphatic imine (C=N–C) groups is 1. The number of fused-ring (bicyclic) bond motifs is 1. The molecule has 0 bridgehead atoms. The Morgan fingerprint density at radius 2 is 1.76 bits per heavy atom. The van der Waals surface area contributed by atoms with E-state index in [-0.39, 0.29) is 0 Å². The van der Waals surface area contributed by atoms with Gasteiger partial charge in [-0.2, -0.15) is 0 Å². The van der Waals surface area contributed by atoms with Crippen LogP contribution in [0, 0.1) is 0 Å². The molecule has 0 aliphatic carbocycles. The summed E-state index contributed by atoms with van der Waals surface area (Å²) in [6.07, 6.45) is 0. The van der Waals surface area contributed by atoms with Gasteiger partial charge in [-0.15, -0.1) is 0 Å². The summed E-state index contributed by atoms with van der Waals surface area (Å²) in [6.45, 7) is 5.06. The minimum Gasteiger partial charge on any atom is -0.397 e. The van der Waals surface area contributed by atoms with Gasteiger partial charge in [0.25, 0.3) is 0 Å². The van der Waals surface area contributed by atoms with E-state index in [1.807, 2.05) is 18.2 Å². The lowest BCUT2D eigenvalue weighted by atomic mass is 10.1. The van der Waals surface area contributed by atoms with Crippen LogP contribution in [0.2, 0.25) is 0 Å². The molecule has 0 amide bonds. The Bertz CT molecular complexity index is 821. The number of nitrogens with two attached hydrogens (primary N) is 2. The van der Waals surface area contributed by atoms with Gasteiger partial charge in [0.15, 0.2) is 0 Å². The third kappa shape index (κ3) is 3.13. The third-order valence-corrected chi connectivity index (χ3v) is 4.98. The van der Waals surface area contributed by atoms with Gasteiger partial charge in [0.05, 0.1) is 17.1 Å². The fraction of sp³-hybridized carbons (Fsp3) is 0.316. The number of hydrogen-bond acceptors (Lipinski definition) is 6. The van der Waals surface area contributed by atoms with E-state index in [1.165, 1.54) is 11.3 Å². The Morgan fingerprint density at radius 3 is 2.52 bits per heavy atom. The molecule has 2 aliphatic rings. The van der Waals surface area contributed by atoms with Gasteiger partial charge >= 0.3 is 0 Å². The Balaban J connectivity index is 1.63. The van der Waals surface area contributed by atoms with Crippen molar-refractivity contribution in [3.63, 3.8) is 0 Å². The molecule has 0 aromatic heterocycles. The maximum Gasteiger partial charge on any atom is 0.134 e. The number of nitrogens with one attached hydrogen (secondary N) is 1. The first kappa shape index (κ1) is 15.8. The van der Waals surface area contributed by atoms with Gasteiger partial charge in [-0.05, 0) is 42.9 Å². The van der Waals surface area contributed by atoms with Crippen molar-refractivity contribution in [1.82, 2.24) is 10.2 Å². The van der Waals surface area contributed by atoms with Crippen LogP contribution in [0.4, 0.5) is 22.7 Å². The van der Waals surface area contributed by atoms with Crippen molar-refractivity contribution in [2.75, 3.05) is 49.6 Å². The Morgan fingerprint density at radius 1 is 0.960 bits per heavy atom. The Hall–Kier alpha value is -2.73. The van der Waals surface area contributed by atoms with Crippen molar-refractivity contribution in [3.8, 4) is 0 Å². The summed E-state index contributed by atoms with van der Waals surface area (Å²) in [5.41, 5.74) is 17.4. The van der Waals surface area contributed by atoms with Gasteiger partial charge in [-0.1, -0.05) is 6.07 Å². The molecular weight excluding hydrogens is 312 g/mol. The van der Waals surface area contributed by atoms with Crippen LogP contribution in [0.3, 0.4) is 0 Å². The molecule has 0 atom stereocenters. The zero-order valence-electron chi connectivity index (χ0n) is 14.5. The minimum atomic E-state index is 0.582. The van der Waals surface area contributed by atoms with Crippen LogP contribution in [0.1, 0.15) is 11.1 Å². The summed E-state index contributed by atoms with van der Waals surface area (Å²) >= 11 is 0. The molecule has 2 aliphatic heterocycles. The predicted octanol–water partition coefficient (Wildman–Crippen LogP) is 1.78. The molecule has 1 fully saturated rings. The van der Waals surface area contributed by atoms with E-state index < -0.39 is 0 Å². The minimum absolute atomic E-state index is 0.582. The molecule has 2 aromatic rings. The van der Waals surface area contributed by atoms with Gasteiger partial charge in [0.2, 0.25) is 0 Å². The normalized spacial score (nSPS) is 17.6. The topological polar surface area (TPSA) is 82.9 Å². The lowest BCUT2D eigenvalue weighted by molar-refractivity contribution is 0.313. The van der Waals surface area contributed by atoms with E-state index in [0.717, 1.165) is 49.8 Å². The fourth-order valence-electron chi connectivity index (χ4n) is 3.29. The van der Waals surface area contributed by atoms with Gasteiger partial charge in [-0.3, -0.25) is 0 Å². The molecule has 2 heterocycles. The third-order valence-electron chi connectivity index (χ3n) is 4.98. The molecule has 0 saturated carbocycles. The number of amidine groups is 1. The first-order valence-electron chi connectivity index (χ1n) is 8.64. The van der Waals surface area contributed by atoms with Gasteiger partial charge in [0, 0.05) is 44.0 Å². The summed E-state index contributed by atoms with van der Waals surface area (Å²) in [5.74, 6) is 0.842. The Labute approximate surface area is 148 Å². The fourth-order valence-corrected chi connectivity index (χ4v) is 3.29. The molecule has 0 unspecified atom stereocenters. The number of anilines is 3. The van der Waals surface area contributed by atoms with Crippen LogP contribution >= 0.6 is 0 Å². The van der Waals surface area contributed by atoms with Crippen LogP contribution in [0.5, 0.6) is 0 Å². The number of nitrogens with zero attached hydrogens (tertiary/aromatic N) is 3. The zero-order valence-corrected chi connectivity index (χ0v) is 14.5. The van der Waals surface area contributed by atoms with E-state index >= 15 is 0 Å². The number of likely N-dealkylation sites (N-methyl/N-ethyl adjacent to an activating group) is 1. The molecule has 0 radical (unpaired) electrons. The number of hydrogen-bond donors (Lipinski definition) is 3. The second kappa shape index (κ2) is 6.29. The van der Waals surface area contributed by atoms with Crippen molar-refractivity contribution in [2.45, 2.75) is 6.54 Å². The highest BCUT2D eigenvalue weighted by molar-refractivity contribution is 6.02. The van der Waals surface area contributed by atoms with Crippen molar-refractivity contribution in [1.29, 1.82) is 0 Å². The SMILES string of the molecule is CN1CCN(c2ccc3c(c2)N=C(c2ccc(N)c(N)c2)NC3)CC1. The van der Waals surface area contributed by atoms with E-state index in [0.29, 0.717) is 11.4 Å². The maximum atomic E-state index is 5.94. The first-order chi connectivity index (χ1) is 12.1. The molecule has 2 aromatic carbocycles. The lowest BCUT2D eigenvalue weighted by Crippen LogP contribution is -2.44. The zero-order chi connectivity index (χ0) is 17.4. The molecule has 0 spiro atoms. The highest BCUT2D eigenvalue weighted by atomic mass is 15.2. The molecule has 5 N–H and O–H groups in total. The number of nitrogen functional groups attached to an aromatic ring is 2. The highest BCUT2D eigenvalue weighted by Gasteiger charge is 2.18. The maximum absolute atomic E-state index is 5.94. The smallest absolute Gasteiger partial charge is 0.134 e. The van der Waals surface area contributed by atoms with Crippen molar-refractivity contribution < 1.29 is 0 Å². The molecule has 130 valence electrons. The summed E-state index contributed by atoms with van der Waals surface area (Å²) in [5, 5.41) is 3.38. The lowest BCUT2D eigenvalue weighted by Gasteiger charge is -2.34. The van der Waals surface area contributed by atoms with Crippen LogP contribution in [0.25, 0.3) is 0 Å². The summed E-state index contributed by atoms with van der Waals surface area (Å²) in [7, 11) is 2.17. The second-order valence-electron chi connectivity index (χ2n) is 6.76. The average molecular weight is 336 g/mol. The second-order valence-corrected chi connectivity index (χ2v) is 6.76. The van der Waals surface area contributed by atoms with Crippen molar-refractivity contribution in [2.24, 2.45) is 4.99 Å². The van der Waals surface area contributed by atoms with E-state index in [2.05, 4.69) is 40.4 Å². The van der Waals surface area contributed by atoms with Crippen LogP contribution in [-0.4, -0.2) is 44.0 Å². The number of piperazine rings is 1. The Kier molecular flexibility index (Phi) is 3.97. The standard InChI is InChI=1S/C19H24N6/c1-24-6-8-25(9-7-24)15-4-2-14-12-22-19(23-18(14)11-15)13-3-5-16(20)17(21)10-13/h2-5,10-11H,6-9,12,20-21H2,1H3,(H,22,23). The predicted molar refractivity (Wildman–Crippen MR) is 104 cm³/mol. The van der Waals surface area contributed by atoms with Crippen LogP contribution in [0.15, 0.2) is 41.4 Å².